The van der Waals surface area contributed by atoms with Crippen molar-refractivity contribution in [3.05, 3.63) is 57.6 Å². The number of halogens is 1. The Kier molecular flexibility index (Phi) is 5.83. The van der Waals surface area contributed by atoms with Crippen molar-refractivity contribution in [2.75, 3.05) is 5.32 Å². The van der Waals surface area contributed by atoms with Crippen molar-refractivity contribution >= 4 is 27.5 Å². The van der Waals surface area contributed by atoms with E-state index in [-0.39, 0.29) is 5.91 Å². The topological polar surface area (TPSA) is 38.3 Å². The van der Waals surface area contributed by atoms with E-state index < -0.39 is 6.10 Å². The lowest BCUT2D eigenvalue weighted by atomic mass is 10.1. The molecule has 1 N–H and O–H groups in total. The lowest BCUT2D eigenvalue weighted by Gasteiger charge is -2.19. The molecule has 0 spiro atoms. The summed E-state index contributed by atoms with van der Waals surface area (Å²) in [5.41, 5.74) is 4.07. The molecule has 0 aliphatic rings. The van der Waals surface area contributed by atoms with Gasteiger partial charge in [-0.3, -0.25) is 4.79 Å². The molecule has 3 nitrogen and oxygen atoms in total. The molecule has 1 unspecified atom stereocenters. The summed E-state index contributed by atoms with van der Waals surface area (Å²) in [7, 11) is 0. The minimum Gasteiger partial charge on any atom is -0.480 e. The van der Waals surface area contributed by atoms with Gasteiger partial charge in [0.15, 0.2) is 6.10 Å². The second-order valence-electron chi connectivity index (χ2n) is 5.67. The van der Waals surface area contributed by atoms with E-state index in [9.17, 15) is 4.79 Å². The Morgan fingerprint density at radius 3 is 2.57 bits per heavy atom. The molecule has 1 atom stereocenters. The number of hydrogen-bond donors (Lipinski definition) is 1. The first-order valence-corrected chi connectivity index (χ1v) is 8.51. The SMILES string of the molecule is CCC(Oc1cccc(C)c1C)C(=O)Nc1ccc(Br)c(C)c1. The van der Waals surface area contributed by atoms with Crippen LogP contribution in [0.25, 0.3) is 0 Å². The second kappa shape index (κ2) is 7.64. The van der Waals surface area contributed by atoms with Gasteiger partial charge in [-0.2, -0.15) is 0 Å². The molecule has 1 amide bonds. The van der Waals surface area contributed by atoms with E-state index in [1.165, 1.54) is 0 Å². The maximum Gasteiger partial charge on any atom is 0.265 e. The van der Waals surface area contributed by atoms with Gasteiger partial charge >= 0.3 is 0 Å². The third-order valence-corrected chi connectivity index (χ3v) is 4.80. The normalized spacial score (nSPS) is 11.9. The van der Waals surface area contributed by atoms with Crippen LogP contribution in [0.15, 0.2) is 40.9 Å². The number of anilines is 1. The summed E-state index contributed by atoms with van der Waals surface area (Å²) in [6.07, 6.45) is 0.0915. The monoisotopic (exact) mass is 375 g/mol. The van der Waals surface area contributed by atoms with Crippen molar-refractivity contribution in [1.82, 2.24) is 0 Å². The number of carbonyl (C=O) groups is 1. The Balaban J connectivity index is 2.12. The van der Waals surface area contributed by atoms with Gasteiger partial charge in [0.1, 0.15) is 5.75 Å². The second-order valence-corrected chi connectivity index (χ2v) is 6.52. The van der Waals surface area contributed by atoms with Crippen molar-refractivity contribution in [3.63, 3.8) is 0 Å². The molecule has 4 heteroatoms. The summed E-state index contributed by atoms with van der Waals surface area (Å²) >= 11 is 3.46. The van der Waals surface area contributed by atoms with Crippen LogP contribution in [0.1, 0.15) is 30.0 Å². The third-order valence-electron chi connectivity index (χ3n) is 3.91. The van der Waals surface area contributed by atoms with E-state index in [4.69, 9.17) is 4.74 Å². The molecule has 0 saturated carbocycles. The smallest absolute Gasteiger partial charge is 0.265 e. The van der Waals surface area contributed by atoms with E-state index in [0.717, 1.165) is 32.6 Å². The van der Waals surface area contributed by atoms with Gasteiger partial charge in [-0.1, -0.05) is 35.0 Å². The summed E-state index contributed by atoms with van der Waals surface area (Å²) in [6.45, 7) is 7.98. The van der Waals surface area contributed by atoms with Crippen molar-refractivity contribution in [2.45, 2.75) is 40.2 Å². The number of carbonyl (C=O) groups excluding carboxylic acids is 1. The zero-order valence-electron chi connectivity index (χ0n) is 13.9. The fourth-order valence-electron chi connectivity index (χ4n) is 2.27. The number of rotatable bonds is 5. The van der Waals surface area contributed by atoms with E-state index >= 15 is 0 Å². The standard InChI is InChI=1S/C19H22BrNO2/c1-5-17(23-18-8-6-7-12(2)14(18)4)19(22)21-15-9-10-16(20)13(3)11-15/h6-11,17H,5H2,1-4H3,(H,21,22). The Labute approximate surface area is 146 Å². The van der Waals surface area contributed by atoms with Crippen molar-refractivity contribution < 1.29 is 9.53 Å². The van der Waals surface area contributed by atoms with E-state index in [0.29, 0.717) is 6.42 Å². The number of hydrogen-bond acceptors (Lipinski definition) is 2. The molecule has 0 aliphatic carbocycles. The highest BCUT2D eigenvalue weighted by molar-refractivity contribution is 9.10. The molecule has 2 aromatic rings. The van der Waals surface area contributed by atoms with Crippen LogP contribution >= 0.6 is 15.9 Å². The van der Waals surface area contributed by atoms with Gasteiger partial charge in [0.05, 0.1) is 0 Å². The lowest BCUT2D eigenvalue weighted by Crippen LogP contribution is -2.32. The molecular formula is C19H22BrNO2. The first-order valence-electron chi connectivity index (χ1n) is 7.72. The van der Waals surface area contributed by atoms with Crippen molar-refractivity contribution in [1.29, 1.82) is 0 Å². The molecule has 122 valence electrons. The Hall–Kier alpha value is -1.81. The van der Waals surface area contributed by atoms with Crippen LogP contribution in [0.2, 0.25) is 0 Å². The summed E-state index contributed by atoms with van der Waals surface area (Å²) in [6, 6.07) is 11.6. The Bertz CT molecular complexity index is 713. The average Bonchev–Trinajstić information content (AvgIpc) is 2.52. The zero-order chi connectivity index (χ0) is 17.0. The minimum absolute atomic E-state index is 0.130. The summed E-state index contributed by atoms with van der Waals surface area (Å²) in [5.74, 6) is 0.633. The quantitative estimate of drug-likeness (QED) is 0.782. The van der Waals surface area contributed by atoms with Crippen LogP contribution in [0.3, 0.4) is 0 Å². The fraction of sp³-hybridized carbons (Fsp3) is 0.316. The van der Waals surface area contributed by atoms with Gasteiger partial charge in [-0.25, -0.2) is 0 Å². The first kappa shape index (κ1) is 17.5. The molecule has 0 aliphatic heterocycles. The molecular weight excluding hydrogens is 354 g/mol. The van der Waals surface area contributed by atoms with Crippen molar-refractivity contribution in [2.24, 2.45) is 0 Å². The van der Waals surface area contributed by atoms with Gasteiger partial charge in [0.25, 0.3) is 5.91 Å². The minimum atomic E-state index is -0.514. The number of benzene rings is 2. The number of nitrogens with one attached hydrogen (secondary N) is 1. The molecule has 2 aromatic carbocycles. The zero-order valence-corrected chi connectivity index (χ0v) is 15.5. The fourth-order valence-corrected chi connectivity index (χ4v) is 2.52. The van der Waals surface area contributed by atoms with Crippen LogP contribution in [-0.2, 0) is 4.79 Å². The van der Waals surface area contributed by atoms with E-state index in [1.54, 1.807) is 0 Å². The first-order chi connectivity index (χ1) is 10.9. The van der Waals surface area contributed by atoms with Gasteiger partial charge in [0, 0.05) is 10.2 Å². The molecule has 0 saturated heterocycles. The number of amides is 1. The van der Waals surface area contributed by atoms with Gasteiger partial charge in [0.2, 0.25) is 0 Å². The summed E-state index contributed by atoms with van der Waals surface area (Å²) < 4.78 is 6.96. The van der Waals surface area contributed by atoms with Crippen LogP contribution in [0, 0.1) is 20.8 Å². The molecule has 2 rings (SSSR count). The maximum atomic E-state index is 12.5. The Morgan fingerprint density at radius 1 is 1.17 bits per heavy atom. The summed E-state index contributed by atoms with van der Waals surface area (Å²) in [4.78, 5) is 12.5. The molecule has 0 radical (unpaired) electrons. The number of aryl methyl sites for hydroxylation is 2. The molecule has 0 aromatic heterocycles. The molecule has 0 fully saturated rings. The van der Waals surface area contributed by atoms with Crippen LogP contribution in [-0.4, -0.2) is 12.0 Å². The van der Waals surface area contributed by atoms with Crippen molar-refractivity contribution in [3.8, 4) is 5.75 Å². The Morgan fingerprint density at radius 2 is 1.91 bits per heavy atom. The maximum absolute atomic E-state index is 12.5. The highest BCUT2D eigenvalue weighted by Gasteiger charge is 2.19. The largest absolute Gasteiger partial charge is 0.480 e. The number of ether oxygens (including phenoxy) is 1. The van der Waals surface area contributed by atoms with Crippen LogP contribution in [0.5, 0.6) is 5.75 Å². The van der Waals surface area contributed by atoms with Gasteiger partial charge in [-0.15, -0.1) is 0 Å². The molecule has 0 heterocycles. The highest BCUT2D eigenvalue weighted by Crippen LogP contribution is 2.24. The van der Waals surface area contributed by atoms with Gasteiger partial charge in [-0.05, 0) is 68.1 Å². The molecule has 23 heavy (non-hydrogen) atoms. The van der Waals surface area contributed by atoms with Crippen LogP contribution in [0.4, 0.5) is 5.69 Å². The average molecular weight is 376 g/mol. The van der Waals surface area contributed by atoms with E-state index in [2.05, 4.69) is 21.2 Å². The molecule has 0 bridgehead atoms. The predicted octanol–water partition coefficient (Wildman–Crippen LogP) is 5.17. The predicted molar refractivity (Wildman–Crippen MR) is 98.1 cm³/mol. The third kappa shape index (κ3) is 4.35. The van der Waals surface area contributed by atoms with Gasteiger partial charge < -0.3 is 10.1 Å². The summed E-state index contributed by atoms with van der Waals surface area (Å²) in [5, 5.41) is 2.93. The van der Waals surface area contributed by atoms with Crippen LogP contribution < -0.4 is 10.1 Å². The lowest BCUT2D eigenvalue weighted by molar-refractivity contribution is -0.122. The highest BCUT2D eigenvalue weighted by atomic mass is 79.9. The van der Waals surface area contributed by atoms with E-state index in [1.807, 2.05) is 64.1 Å².